The summed E-state index contributed by atoms with van der Waals surface area (Å²) in [6, 6.07) is 15.3. The van der Waals surface area contributed by atoms with Crippen LogP contribution in [-0.2, 0) is 11.2 Å². The number of ether oxygens (including phenoxy) is 2. The summed E-state index contributed by atoms with van der Waals surface area (Å²) in [6.45, 7) is 6.52. The Hall–Kier alpha value is -3.17. The lowest BCUT2D eigenvalue weighted by Gasteiger charge is -2.11. The van der Waals surface area contributed by atoms with Gasteiger partial charge in [-0.15, -0.1) is 16.8 Å². The Morgan fingerprint density at radius 2 is 1.94 bits per heavy atom. The fourth-order valence-electron chi connectivity index (χ4n) is 2.61. The molecule has 0 bridgehead atoms. The third-order valence-corrected chi connectivity index (χ3v) is 6.04. The molecule has 0 atom stereocenters. The molecule has 0 saturated carbocycles. The van der Waals surface area contributed by atoms with Crippen LogP contribution in [0.25, 0.3) is 0 Å². The number of rotatable bonds is 12. The van der Waals surface area contributed by atoms with Crippen molar-refractivity contribution in [2.75, 3.05) is 19.0 Å². The van der Waals surface area contributed by atoms with Crippen LogP contribution in [0.1, 0.15) is 16.1 Å². The van der Waals surface area contributed by atoms with Crippen LogP contribution in [0.3, 0.4) is 0 Å². The van der Waals surface area contributed by atoms with Gasteiger partial charge in [-0.25, -0.2) is 5.43 Å². The minimum absolute atomic E-state index is 0.200. The normalized spacial score (nSPS) is 10.8. The topological polar surface area (TPSA) is 85.7 Å². The first kappa shape index (κ1) is 23.5. The van der Waals surface area contributed by atoms with Crippen molar-refractivity contribution in [1.29, 1.82) is 0 Å². The van der Waals surface area contributed by atoms with E-state index in [1.807, 2.05) is 61.5 Å². The van der Waals surface area contributed by atoms with Crippen LogP contribution in [0.2, 0.25) is 0 Å². The Bertz CT molecular complexity index is 1050. The lowest BCUT2D eigenvalue weighted by molar-refractivity contribution is -0.118. The maximum atomic E-state index is 11.8. The van der Waals surface area contributed by atoms with E-state index in [1.165, 1.54) is 23.1 Å². The molecule has 0 unspecified atom stereocenters. The molecule has 0 aliphatic rings. The maximum absolute atomic E-state index is 11.8. The Morgan fingerprint density at radius 1 is 1.16 bits per heavy atom. The predicted molar refractivity (Wildman–Crippen MR) is 129 cm³/mol. The van der Waals surface area contributed by atoms with E-state index in [1.54, 1.807) is 6.21 Å². The standard InChI is InChI=1S/C23H24N4O3S2/c1-3-6-19-7-4-5-8-21(19)30-14-13-29-20-11-9-18(10-12-20)15-24-26-22(28)16-31-23-27-25-17(2)32-23/h3-5,7-12,15H,1,6,13-14,16H2,2H3,(H,26,28)/b24-15-. The second-order valence-corrected chi connectivity index (χ2v) is 8.94. The number of nitrogens with one attached hydrogen (secondary N) is 1. The van der Waals surface area contributed by atoms with E-state index in [4.69, 9.17) is 9.47 Å². The van der Waals surface area contributed by atoms with Gasteiger partial charge in [-0.1, -0.05) is 47.4 Å². The van der Waals surface area contributed by atoms with Crippen LogP contribution >= 0.6 is 23.1 Å². The molecule has 2 aromatic carbocycles. The zero-order valence-corrected chi connectivity index (χ0v) is 19.3. The largest absolute Gasteiger partial charge is 0.490 e. The van der Waals surface area contributed by atoms with Gasteiger partial charge in [0.2, 0.25) is 0 Å². The molecule has 0 fully saturated rings. The molecule has 3 aromatic rings. The van der Waals surface area contributed by atoms with Crippen LogP contribution in [0.4, 0.5) is 0 Å². The van der Waals surface area contributed by atoms with Crippen molar-refractivity contribution in [2.45, 2.75) is 17.7 Å². The van der Waals surface area contributed by atoms with Gasteiger partial charge in [-0.05, 0) is 54.8 Å². The second kappa shape index (κ2) is 12.6. The van der Waals surface area contributed by atoms with Crippen LogP contribution in [0.5, 0.6) is 11.5 Å². The number of allylic oxidation sites excluding steroid dienone is 1. The average Bonchev–Trinajstić information content (AvgIpc) is 3.22. The molecule has 32 heavy (non-hydrogen) atoms. The van der Waals surface area contributed by atoms with Gasteiger partial charge in [0.15, 0.2) is 4.34 Å². The third kappa shape index (κ3) is 7.82. The molecule has 1 amide bonds. The van der Waals surface area contributed by atoms with Crippen molar-refractivity contribution in [2.24, 2.45) is 5.10 Å². The van der Waals surface area contributed by atoms with Gasteiger partial charge in [0.25, 0.3) is 5.91 Å². The van der Waals surface area contributed by atoms with E-state index in [-0.39, 0.29) is 11.7 Å². The minimum atomic E-state index is -0.200. The van der Waals surface area contributed by atoms with Gasteiger partial charge in [-0.3, -0.25) is 4.79 Å². The SMILES string of the molecule is C=CCc1ccccc1OCCOc1ccc(/C=N\NC(=O)CSc2nnc(C)s2)cc1. The van der Waals surface area contributed by atoms with Crippen molar-refractivity contribution in [3.05, 3.63) is 77.3 Å². The smallest absolute Gasteiger partial charge is 0.250 e. The highest BCUT2D eigenvalue weighted by Crippen LogP contribution is 2.21. The summed E-state index contributed by atoms with van der Waals surface area (Å²) in [7, 11) is 0. The number of thioether (sulfide) groups is 1. The van der Waals surface area contributed by atoms with Crippen LogP contribution in [0.15, 0.2) is 70.6 Å². The molecule has 1 heterocycles. The van der Waals surface area contributed by atoms with Gasteiger partial charge < -0.3 is 9.47 Å². The molecule has 7 nitrogen and oxygen atoms in total. The minimum Gasteiger partial charge on any atom is -0.490 e. The molecule has 3 rings (SSSR count). The molecule has 166 valence electrons. The summed E-state index contributed by atoms with van der Waals surface area (Å²) in [5.41, 5.74) is 4.46. The van der Waals surface area contributed by atoms with Crippen LogP contribution in [-0.4, -0.2) is 41.3 Å². The molecule has 0 spiro atoms. The first-order chi connectivity index (χ1) is 15.6. The van der Waals surface area contributed by atoms with E-state index in [0.29, 0.717) is 13.2 Å². The summed E-state index contributed by atoms with van der Waals surface area (Å²) in [4.78, 5) is 11.8. The van der Waals surface area contributed by atoms with Crippen molar-refractivity contribution < 1.29 is 14.3 Å². The molecule has 0 radical (unpaired) electrons. The highest BCUT2D eigenvalue weighted by Gasteiger charge is 2.05. The van der Waals surface area contributed by atoms with E-state index in [2.05, 4.69) is 27.3 Å². The van der Waals surface area contributed by atoms with Gasteiger partial charge in [0.05, 0.1) is 12.0 Å². The predicted octanol–water partition coefficient (Wildman–Crippen LogP) is 4.28. The van der Waals surface area contributed by atoms with E-state index in [0.717, 1.165) is 38.4 Å². The monoisotopic (exact) mass is 468 g/mol. The number of hydrogen-bond acceptors (Lipinski definition) is 8. The Morgan fingerprint density at radius 3 is 2.69 bits per heavy atom. The molecule has 0 saturated heterocycles. The summed E-state index contributed by atoms with van der Waals surface area (Å²) < 4.78 is 12.3. The van der Waals surface area contributed by atoms with Gasteiger partial charge in [0.1, 0.15) is 29.7 Å². The summed E-state index contributed by atoms with van der Waals surface area (Å²) >= 11 is 2.80. The number of hydrogen-bond donors (Lipinski definition) is 1. The summed E-state index contributed by atoms with van der Waals surface area (Å²) in [5.74, 6) is 1.62. The fraction of sp³-hybridized carbons (Fsp3) is 0.217. The molecule has 9 heteroatoms. The van der Waals surface area contributed by atoms with Crippen LogP contribution < -0.4 is 14.9 Å². The van der Waals surface area contributed by atoms with E-state index < -0.39 is 0 Å². The van der Waals surface area contributed by atoms with Crippen molar-refractivity contribution in [1.82, 2.24) is 15.6 Å². The third-order valence-electron chi connectivity index (χ3n) is 4.06. The lowest BCUT2D eigenvalue weighted by Crippen LogP contribution is -2.19. The number of carbonyl (C=O) groups is 1. The molecular formula is C23H24N4O3S2. The molecule has 1 aromatic heterocycles. The number of benzene rings is 2. The Labute approximate surface area is 195 Å². The zero-order valence-electron chi connectivity index (χ0n) is 17.7. The average molecular weight is 469 g/mol. The maximum Gasteiger partial charge on any atom is 0.250 e. The molecule has 0 aliphatic heterocycles. The van der Waals surface area contributed by atoms with Crippen molar-refractivity contribution in [3.63, 3.8) is 0 Å². The van der Waals surface area contributed by atoms with Crippen molar-refractivity contribution >= 4 is 35.2 Å². The van der Waals surface area contributed by atoms with Gasteiger partial charge in [0, 0.05) is 0 Å². The van der Waals surface area contributed by atoms with Gasteiger partial charge in [-0.2, -0.15) is 5.10 Å². The quantitative estimate of drug-likeness (QED) is 0.140. The summed E-state index contributed by atoms with van der Waals surface area (Å²) in [5, 5.41) is 12.7. The second-order valence-electron chi connectivity index (χ2n) is 6.54. The van der Waals surface area contributed by atoms with E-state index in [9.17, 15) is 4.79 Å². The highest BCUT2D eigenvalue weighted by molar-refractivity contribution is 8.01. The number of amides is 1. The number of para-hydroxylation sites is 1. The Balaban J connectivity index is 1.36. The molecular weight excluding hydrogens is 444 g/mol. The first-order valence-electron chi connectivity index (χ1n) is 9.93. The number of aromatic nitrogens is 2. The van der Waals surface area contributed by atoms with E-state index >= 15 is 0 Å². The van der Waals surface area contributed by atoms with Crippen LogP contribution in [0, 0.1) is 6.92 Å². The summed E-state index contributed by atoms with van der Waals surface area (Å²) in [6.07, 6.45) is 4.21. The Kier molecular flexibility index (Phi) is 9.27. The number of aryl methyl sites for hydroxylation is 1. The molecule has 0 aliphatic carbocycles. The lowest BCUT2D eigenvalue weighted by atomic mass is 10.1. The zero-order chi connectivity index (χ0) is 22.6. The first-order valence-corrected chi connectivity index (χ1v) is 11.7. The van der Waals surface area contributed by atoms with Crippen molar-refractivity contribution in [3.8, 4) is 11.5 Å². The number of hydrazone groups is 1. The van der Waals surface area contributed by atoms with Gasteiger partial charge >= 0.3 is 0 Å². The number of carbonyl (C=O) groups excluding carboxylic acids is 1. The number of nitrogens with zero attached hydrogens (tertiary/aromatic N) is 3. The molecule has 1 N–H and O–H groups in total. The highest BCUT2D eigenvalue weighted by atomic mass is 32.2. The fourth-order valence-corrected chi connectivity index (χ4v) is 4.21.